The van der Waals surface area contributed by atoms with Crippen molar-refractivity contribution in [2.45, 2.75) is 13.8 Å². The minimum absolute atomic E-state index is 0.173. The number of halogens is 2. The van der Waals surface area contributed by atoms with E-state index in [0.29, 0.717) is 16.8 Å². The molecule has 0 aliphatic rings. The number of ether oxygens (including phenoxy) is 1. The molecule has 4 aromatic carbocycles. The number of amides is 2. The maximum absolute atomic E-state index is 12.6. The van der Waals surface area contributed by atoms with Gasteiger partial charge in [0.05, 0.1) is 22.0 Å². The van der Waals surface area contributed by atoms with Gasteiger partial charge in [0.25, 0.3) is 11.8 Å². The summed E-state index contributed by atoms with van der Waals surface area (Å²) < 4.78 is 5.56. The molecule has 0 saturated carbocycles. The number of anilines is 3. The second kappa shape index (κ2) is 14.2. The number of carbonyl (C=O) groups excluding carboxylic acids is 2. The Labute approximate surface area is 268 Å². The molecule has 2 amide bonds. The summed E-state index contributed by atoms with van der Waals surface area (Å²) in [6, 6.07) is 25.8. The van der Waals surface area contributed by atoms with Gasteiger partial charge < -0.3 is 15.4 Å². The highest BCUT2D eigenvalue weighted by Gasteiger charge is 2.13. The van der Waals surface area contributed by atoms with E-state index < -0.39 is 0 Å². The molecule has 0 saturated heterocycles. The van der Waals surface area contributed by atoms with E-state index in [1.54, 1.807) is 30.3 Å². The van der Waals surface area contributed by atoms with Crippen LogP contribution in [-0.2, 0) is 4.79 Å². The highest BCUT2D eigenvalue weighted by Crippen LogP contribution is 2.34. The van der Waals surface area contributed by atoms with Crippen LogP contribution in [0.5, 0.6) is 5.75 Å². The molecular formula is C33H27Cl2N5O3S. The third-order valence-corrected chi connectivity index (χ3v) is 7.62. The number of nitrogens with zero attached hydrogens (tertiary/aromatic N) is 2. The van der Waals surface area contributed by atoms with Crippen molar-refractivity contribution in [3.8, 4) is 17.0 Å². The molecule has 11 heteroatoms. The molecule has 222 valence electrons. The Balaban J connectivity index is 1.13. The van der Waals surface area contributed by atoms with Crippen LogP contribution in [0.15, 0.2) is 95.4 Å². The fraction of sp³-hybridized carbons (Fsp3) is 0.0909. The van der Waals surface area contributed by atoms with Crippen LogP contribution in [0, 0.1) is 13.8 Å². The first-order valence-corrected chi connectivity index (χ1v) is 15.1. The third kappa shape index (κ3) is 8.23. The molecule has 0 fully saturated rings. The Morgan fingerprint density at radius 2 is 1.64 bits per heavy atom. The van der Waals surface area contributed by atoms with Gasteiger partial charge in [0.1, 0.15) is 0 Å². The van der Waals surface area contributed by atoms with Gasteiger partial charge in [0.15, 0.2) is 17.5 Å². The highest BCUT2D eigenvalue weighted by atomic mass is 35.5. The van der Waals surface area contributed by atoms with Gasteiger partial charge in [-0.1, -0.05) is 65.2 Å². The van der Waals surface area contributed by atoms with E-state index >= 15 is 0 Å². The average molecular weight is 645 g/mol. The van der Waals surface area contributed by atoms with Gasteiger partial charge in [-0.15, -0.1) is 11.3 Å². The number of benzene rings is 4. The quantitative estimate of drug-likeness (QED) is 0.105. The number of rotatable bonds is 10. The Hall–Kier alpha value is -4.70. The Morgan fingerprint density at radius 1 is 0.909 bits per heavy atom. The molecule has 0 bridgehead atoms. The van der Waals surface area contributed by atoms with Crippen LogP contribution in [0.1, 0.15) is 27.0 Å². The lowest BCUT2D eigenvalue weighted by Crippen LogP contribution is -2.20. The lowest BCUT2D eigenvalue weighted by Gasteiger charge is -2.11. The maximum Gasteiger partial charge on any atom is 0.271 e. The first kappa shape index (κ1) is 30.7. The molecule has 44 heavy (non-hydrogen) atoms. The largest absolute Gasteiger partial charge is 0.481 e. The average Bonchev–Trinajstić information content (AvgIpc) is 3.46. The molecule has 0 radical (unpaired) electrons. The summed E-state index contributed by atoms with van der Waals surface area (Å²) in [6.45, 7) is 3.70. The van der Waals surface area contributed by atoms with Gasteiger partial charge in [-0.2, -0.15) is 5.10 Å². The van der Waals surface area contributed by atoms with Crippen molar-refractivity contribution in [1.82, 2.24) is 10.4 Å². The lowest BCUT2D eigenvalue weighted by molar-refractivity contribution is -0.118. The van der Waals surface area contributed by atoms with Gasteiger partial charge in [-0.3, -0.25) is 9.59 Å². The van der Waals surface area contributed by atoms with Crippen LogP contribution in [-0.4, -0.2) is 29.6 Å². The molecule has 3 N–H and O–H groups in total. The topological polar surface area (TPSA) is 105 Å². The third-order valence-electron chi connectivity index (χ3n) is 6.30. The molecule has 0 atom stereocenters. The number of aromatic nitrogens is 1. The number of hydrazone groups is 1. The molecule has 5 aromatic rings. The van der Waals surface area contributed by atoms with E-state index in [4.69, 9.17) is 27.9 Å². The maximum atomic E-state index is 12.6. The van der Waals surface area contributed by atoms with Crippen LogP contribution >= 0.6 is 34.5 Å². The first-order valence-electron chi connectivity index (χ1n) is 13.4. The highest BCUT2D eigenvalue weighted by molar-refractivity contribution is 7.14. The summed E-state index contributed by atoms with van der Waals surface area (Å²) in [5, 5.41) is 13.2. The molecule has 0 spiro atoms. The predicted molar refractivity (Wildman–Crippen MR) is 179 cm³/mol. The van der Waals surface area contributed by atoms with Gasteiger partial charge in [0, 0.05) is 27.9 Å². The van der Waals surface area contributed by atoms with Crippen molar-refractivity contribution in [2.75, 3.05) is 17.2 Å². The van der Waals surface area contributed by atoms with Crippen molar-refractivity contribution in [3.05, 3.63) is 123 Å². The number of hydrogen-bond donors (Lipinski definition) is 3. The zero-order valence-corrected chi connectivity index (χ0v) is 26.1. The van der Waals surface area contributed by atoms with Crippen molar-refractivity contribution in [3.63, 3.8) is 0 Å². The molecular weight excluding hydrogens is 617 g/mol. The van der Waals surface area contributed by atoms with Crippen LogP contribution in [0.4, 0.5) is 16.5 Å². The van der Waals surface area contributed by atoms with Crippen LogP contribution in [0.3, 0.4) is 0 Å². The normalized spacial score (nSPS) is 10.9. The smallest absolute Gasteiger partial charge is 0.271 e. The summed E-state index contributed by atoms with van der Waals surface area (Å²) in [4.78, 5) is 29.6. The number of nitrogens with one attached hydrogen (secondary N) is 3. The number of carbonyl (C=O) groups is 2. The molecule has 0 aliphatic heterocycles. The van der Waals surface area contributed by atoms with Crippen molar-refractivity contribution in [1.29, 1.82) is 0 Å². The SMILES string of the molecule is Cc1ccc(Nc2nc(-c3ccc(C(=O)N/N=C/c4cc(Cl)c(OCC(=O)Nc5cccc(C)c5)c(Cl)c4)cc3)cs2)cc1. The fourth-order valence-electron chi connectivity index (χ4n) is 4.10. The molecule has 0 unspecified atom stereocenters. The van der Waals surface area contributed by atoms with E-state index in [1.165, 1.54) is 23.1 Å². The fourth-order valence-corrected chi connectivity index (χ4v) is 5.45. The molecule has 0 aliphatic carbocycles. The Kier molecular flexibility index (Phi) is 9.91. The Bertz CT molecular complexity index is 1800. The summed E-state index contributed by atoms with van der Waals surface area (Å²) in [7, 11) is 0. The molecule has 1 heterocycles. The Morgan fingerprint density at radius 3 is 2.34 bits per heavy atom. The number of aryl methyl sites for hydroxylation is 2. The summed E-state index contributed by atoms with van der Waals surface area (Å²) in [5.41, 5.74) is 9.01. The van der Waals surface area contributed by atoms with Gasteiger partial charge in [-0.25, -0.2) is 10.4 Å². The minimum atomic E-state index is -0.385. The van der Waals surface area contributed by atoms with Crippen molar-refractivity contribution >= 4 is 69.1 Å². The van der Waals surface area contributed by atoms with E-state index in [1.807, 2.05) is 73.8 Å². The lowest BCUT2D eigenvalue weighted by atomic mass is 10.1. The van der Waals surface area contributed by atoms with Gasteiger partial charge >= 0.3 is 0 Å². The van der Waals surface area contributed by atoms with Crippen molar-refractivity contribution in [2.24, 2.45) is 5.10 Å². The van der Waals surface area contributed by atoms with Crippen molar-refractivity contribution < 1.29 is 14.3 Å². The summed E-state index contributed by atoms with van der Waals surface area (Å²) >= 11 is 14.2. The van der Waals surface area contributed by atoms with E-state index in [0.717, 1.165) is 27.6 Å². The molecule has 5 rings (SSSR count). The number of hydrogen-bond acceptors (Lipinski definition) is 7. The molecule has 8 nitrogen and oxygen atoms in total. The van der Waals surface area contributed by atoms with E-state index in [2.05, 4.69) is 26.1 Å². The van der Waals surface area contributed by atoms with Gasteiger partial charge in [0.2, 0.25) is 0 Å². The van der Waals surface area contributed by atoms with E-state index in [-0.39, 0.29) is 34.2 Å². The standard InChI is InChI=1S/C33H27Cl2N5O3S/c1-20-6-12-25(13-7-20)38-33-39-29(19-44-33)23-8-10-24(11-9-23)32(42)40-36-17-22-15-27(34)31(28(35)16-22)43-18-30(41)37-26-5-3-4-21(2)14-26/h3-17,19H,18H2,1-2H3,(H,37,41)(H,38,39)(H,40,42)/b36-17+. The van der Waals surface area contributed by atoms with Crippen LogP contribution in [0.2, 0.25) is 10.0 Å². The number of thiazole rings is 1. The first-order chi connectivity index (χ1) is 21.2. The summed E-state index contributed by atoms with van der Waals surface area (Å²) in [5.74, 6) is -0.563. The van der Waals surface area contributed by atoms with Gasteiger partial charge in [-0.05, 0) is 73.5 Å². The monoisotopic (exact) mass is 643 g/mol. The zero-order valence-electron chi connectivity index (χ0n) is 23.7. The predicted octanol–water partition coefficient (Wildman–Crippen LogP) is 8.26. The second-order valence-electron chi connectivity index (χ2n) is 9.83. The zero-order chi connectivity index (χ0) is 31.1. The second-order valence-corrected chi connectivity index (χ2v) is 11.5. The molecule has 1 aromatic heterocycles. The van der Waals surface area contributed by atoms with Crippen LogP contribution in [0.25, 0.3) is 11.3 Å². The summed E-state index contributed by atoms with van der Waals surface area (Å²) in [6.07, 6.45) is 1.41. The van der Waals surface area contributed by atoms with Crippen LogP contribution < -0.4 is 20.8 Å². The minimum Gasteiger partial charge on any atom is -0.481 e. The van der Waals surface area contributed by atoms with E-state index in [9.17, 15) is 9.59 Å².